The van der Waals surface area contributed by atoms with Crippen molar-refractivity contribution in [3.63, 3.8) is 0 Å². The molecule has 1 amide bonds. The number of carbonyl (C=O) groups excluding carboxylic acids is 1. The molecule has 3 nitrogen and oxygen atoms in total. The summed E-state index contributed by atoms with van der Waals surface area (Å²) in [5, 5.41) is 0. The maximum atomic E-state index is 12.6. The summed E-state index contributed by atoms with van der Waals surface area (Å²) in [6.07, 6.45) is 2.31. The van der Waals surface area contributed by atoms with Crippen molar-refractivity contribution in [3.05, 3.63) is 59.7 Å². The van der Waals surface area contributed by atoms with Gasteiger partial charge in [-0.05, 0) is 43.4 Å². The van der Waals surface area contributed by atoms with Crippen LogP contribution in [0.15, 0.2) is 48.5 Å². The third-order valence-corrected chi connectivity index (χ3v) is 5.70. The Kier molecular flexibility index (Phi) is 4.34. The van der Waals surface area contributed by atoms with E-state index in [1.54, 1.807) is 0 Å². The lowest BCUT2D eigenvalue weighted by Gasteiger charge is -2.41. The van der Waals surface area contributed by atoms with Gasteiger partial charge in [-0.15, -0.1) is 0 Å². The van der Waals surface area contributed by atoms with Crippen LogP contribution in [0.2, 0.25) is 0 Å². The molecule has 0 N–H and O–H groups in total. The maximum absolute atomic E-state index is 12.6. The number of hydrogen-bond acceptors (Lipinski definition) is 2. The minimum absolute atomic E-state index is 0.00852. The Morgan fingerprint density at radius 3 is 2.64 bits per heavy atom. The molecule has 0 saturated carbocycles. The van der Waals surface area contributed by atoms with Gasteiger partial charge in [-0.1, -0.05) is 54.1 Å². The fourth-order valence-electron chi connectivity index (χ4n) is 4.20. The number of amides is 1. The first-order valence-electron chi connectivity index (χ1n) is 9.32. The number of fused-ring (bicyclic) bond motifs is 1. The standard InChI is InChI=1S/C22H26N2O/c1-16-5-3-6-20(13-16)19-10-8-18(9-11-19)14-23-15-21-7-4-12-24(21)22(25)17(23)2/h3,5-6,8-11,13,17,21H,4,7,12,14-15H2,1-2H3/t17-,21+/m0/s1. The van der Waals surface area contributed by atoms with Gasteiger partial charge in [0.2, 0.25) is 5.91 Å². The van der Waals surface area contributed by atoms with Gasteiger partial charge in [0.25, 0.3) is 0 Å². The predicted octanol–water partition coefficient (Wildman–Crippen LogP) is 3.86. The fourth-order valence-corrected chi connectivity index (χ4v) is 4.20. The average Bonchev–Trinajstić information content (AvgIpc) is 3.09. The maximum Gasteiger partial charge on any atom is 0.239 e. The normalized spacial score (nSPS) is 23.8. The Labute approximate surface area is 150 Å². The van der Waals surface area contributed by atoms with Crippen molar-refractivity contribution in [1.82, 2.24) is 9.80 Å². The lowest BCUT2D eigenvalue weighted by molar-refractivity contribution is -0.143. The Bertz CT molecular complexity index is 768. The van der Waals surface area contributed by atoms with E-state index in [1.165, 1.54) is 22.3 Å². The first-order valence-corrected chi connectivity index (χ1v) is 9.32. The van der Waals surface area contributed by atoms with Crippen molar-refractivity contribution >= 4 is 5.91 Å². The number of piperazine rings is 1. The number of benzene rings is 2. The quantitative estimate of drug-likeness (QED) is 0.851. The van der Waals surface area contributed by atoms with Gasteiger partial charge in [0.05, 0.1) is 6.04 Å². The Morgan fingerprint density at radius 1 is 1.08 bits per heavy atom. The van der Waals surface area contributed by atoms with Crippen molar-refractivity contribution in [2.45, 2.75) is 45.3 Å². The van der Waals surface area contributed by atoms with Crippen LogP contribution in [-0.4, -0.2) is 40.9 Å². The average molecular weight is 334 g/mol. The van der Waals surface area contributed by atoms with Crippen molar-refractivity contribution in [2.24, 2.45) is 0 Å². The molecule has 2 atom stereocenters. The van der Waals surface area contributed by atoms with E-state index in [9.17, 15) is 4.79 Å². The van der Waals surface area contributed by atoms with Crippen LogP contribution >= 0.6 is 0 Å². The molecular weight excluding hydrogens is 308 g/mol. The molecule has 2 fully saturated rings. The van der Waals surface area contributed by atoms with Crippen LogP contribution in [0.4, 0.5) is 0 Å². The Hall–Kier alpha value is -2.13. The second kappa shape index (κ2) is 6.64. The first kappa shape index (κ1) is 16.3. The molecule has 4 rings (SSSR count). The van der Waals surface area contributed by atoms with Crippen LogP contribution in [0.3, 0.4) is 0 Å². The molecule has 2 saturated heterocycles. The largest absolute Gasteiger partial charge is 0.337 e. The van der Waals surface area contributed by atoms with E-state index >= 15 is 0 Å². The molecule has 0 aliphatic carbocycles. The van der Waals surface area contributed by atoms with E-state index in [0.29, 0.717) is 11.9 Å². The highest BCUT2D eigenvalue weighted by Gasteiger charge is 2.39. The third-order valence-electron chi connectivity index (χ3n) is 5.70. The van der Waals surface area contributed by atoms with Gasteiger partial charge in [-0.3, -0.25) is 9.69 Å². The van der Waals surface area contributed by atoms with Crippen molar-refractivity contribution in [2.75, 3.05) is 13.1 Å². The Morgan fingerprint density at radius 2 is 1.88 bits per heavy atom. The van der Waals surface area contributed by atoms with Crippen LogP contribution in [0.5, 0.6) is 0 Å². The molecule has 2 aliphatic heterocycles. The molecule has 2 aromatic carbocycles. The molecule has 3 heteroatoms. The molecule has 2 heterocycles. The van der Waals surface area contributed by atoms with Crippen LogP contribution in [-0.2, 0) is 11.3 Å². The van der Waals surface area contributed by atoms with Gasteiger partial charge in [0.15, 0.2) is 0 Å². The number of carbonyl (C=O) groups is 1. The Balaban J connectivity index is 1.48. The van der Waals surface area contributed by atoms with Crippen molar-refractivity contribution < 1.29 is 4.79 Å². The summed E-state index contributed by atoms with van der Waals surface area (Å²) in [5.41, 5.74) is 5.07. The summed E-state index contributed by atoms with van der Waals surface area (Å²) in [5.74, 6) is 0.310. The smallest absolute Gasteiger partial charge is 0.239 e. The van der Waals surface area contributed by atoms with Gasteiger partial charge < -0.3 is 4.90 Å². The molecule has 2 aromatic rings. The summed E-state index contributed by atoms with van der Waals surface area (Å²) in [6, 6.07) is 17.8. The van der Waals surface area contributed by atoms with Crippen LogP contribution < -0.4 is 0 Å². The summed E-state index contributed by atoms with van der Waals surface area (Å²) < 4.78 is 0. The van der Waals surface area contributed by atoms with Crippen LogP contribution in [0.25, 0.3) is 11.1 Å². The summed E-state index contributed by atoms with van der Waals surface area (Å²) in [6.45, 7) is 6.99. The summed E-state index contributed by atoms with van der Waals surface area (Å²) >= 11 is 0. The van der Waals surface area contributed by atoms with Gasteiger partial charge in [0.1, 0.15) is 0 Å². The van der Waals surface area contributed by atoms with E-state index < -0.39 is 0 Å². The van der Waals surface area contributed by atoms with Crippen molar-refractivity contribution in [1.29, 1.82) is 0 Å². The molecule has 0 unspecified atom stereocenters. The van der Waals surface area contributed by atoms with E-state index in [2.05, 4.69) is 72.2 Å². The molecule has 0 spiro atoms. The monoisotopic (exact) mass is 334 g/mol. The lowest BCUT2D eigenvalue weighted by atomic mass is 10.0. The molecular formula is C22H26N2O. The molecule has 0 bridgehead atoms. The lowest BCUT2D eigenvalue weighted by Crippen LogP contribution is -2.58. The zero-order valence-corrected chi connectivity index (χ0v) is 15.1. The van der Waals surface area contributed by atoms with E-state index in [-0.39, 0.29) is 6.04 Å². The highest BCUT2D eigenvalue weighted by Crippen LogP contribution is 2.27. The number of hydrogen-bond donors (Lipinski definition) is 0. The highest BCUT2D eigenvalue weighted by molar-refractivity contribution is 5.83. The van der Waals surface area contributed by atoms with E-state index in [1.807, 2.05) is 0 Å². The van der Waals surface area contributed by atoms with Gasteiger partial charge in [-0.25, -0.2) is 0 Å². The topological polar surface area (TPSA) is 23.6 Å². The first-order chi connectivity index (χ1) is 12.1. The zero-order valence-electron chi connectivity index (χ0n) is 15.1. The molecule has 2 aliphatic rings. The van der Waals surface area contributed by atoms with E-state index in [0.717, 1.165) is 32.5 Å². The fraction of sp³-hybridized carbons (Fsp3) is 0.409. The minimum Gasteiger partial charge on any atom is -0.337 e. The SMILES string of the molecule is Cc1cccc(-c2ccc(CN3C[C@H]4CCCN4C(=O)[C@@H]3C)cc2)c1. The zero-order chi connectivity index (χ0) is 17.4. The second-order valence-corrected chi connectivity index (χ2v) is 7.50. The predicted molar refractivity (Wildman–Crippen MR) is 101 cm³/mol. The van der Waals surface area contributed by atoms with E-state index in [4.69, 9.17) is 0 Å². The summed E-state index contributed by atoms with van der Waals surface area (Å²) in [7, 11) is 0. The van der Waals surface area contributed by atoms with Crippen LogP contribution in [0.1, 0.15) is 30.9 Å². The number of aryl methyl sites for hydroxylation is 1. The molecule has 0 radical (unpaired) electrons. The minimum atomic E-state index is -0.00852. The van der Waals surface area contributed by atoms with Crippen molar-refractivity contribution in [3.8, 4) is 11.1 Å². The molecule has 0 aromatic heterocycles. The second-order valence-electron chi connectivity index (χ2n) is 7.50. The van der Waals surface area contributed by atoms with Crippen LogP contribution in [0, 0.1) is 6.92 Å². The van der Waals surface area contributed by atoms with Gasteiger partial charge in [0, 0.05) is 25.7 Å². The van der Waals surface area contributed by atoms with Gasteiger partial charge >= 0.3 is 0 Å². The highest BCUT2D eigenvalue weighted by atomic mass is 16.2. The molecule has 130 valence electrons. The number of rotatable bonds is 3. The third kappa shape index (κ3) is 3.21. The number of nitrogens with zero attached hydrogens (tertiary/aromatic N) is 2. The summed E-state index contributed by atoms with van der Waals surface area (Å²) in [4.78, 5) is 17.0. The van der Waals surface area contributed by atoms with Gasteiger partial charge in [-0.2, -0.15) is 0 Å². The molecule has 25 heavy (non-hydrogen) atoms.